The van der Waals surface area contributed by atoms with Crippen molar-refractivity contribution in [1.82, 2.24) is 20.0 Å². The number of amides is 1. The van der Waals surface area contributed by atoms with Crippen molar-refractivity contribution in [2.24, 2.45) is 6.98 Å². The Labute approximate surface area is 163 Å². The van der Waals surface area contributed by atoms with Gasteiger partial charge in [-0.05, 0) is 38.6 Å². The molecule has 0 unspecified atom stereocenters. The Kier molecular flexibility index (Phi) is 1.13. The van der Waals surface area contributed by atoms with Crippen molar-refractivity contribution in [2.45, 2.75) is 49.9 Å². The second-order valence-electron chi connectivity index (χ2n) is 4.81. The standard InChI is InChI=1S/C18H24N4O/c1-21-13-6-5-7-14(21)11-12(10-13)19-18(23)17-15-8-3-4-9-16(15)22(2)20-17/h3-4,8-9,12-14H,5-7,10-11H2,1-2H3,(H,19,23)/t13-,14-/m1/s1/i2D3,3D,4D,5D2,6D2,7D2,8D,9D,10D2,11D2,13D,14D. The highest BCUT2D eigenvalue weighted by molar-refractivity contribution is 6.04. The minimum atomic E-state index is -3.82. The fourth-order valence-corrected chi connectivity index (χ4v) is 2.27. The van der Waals surface area contributed by atoms with E-state index in [0.717, 1.165) is 0 Å². The molecule has 2 aromatic rings. The molecule has 1 N–H and O–H groups in total. The summed E-state index contributed by atoms with van der Waals surface area (Å²) in [5.41, 5.74) is -1.78. The van der Waals surface area contributed by atoms with Gasteiger partial charge in [0.25, 0.3) is 5.91 Å². The third-order valence-corrected chi connectivity index (χ3v) is 3.40. The first-order valence-electron chi connectivity index (χ1n) is 16.1. The first-order chi connectivity index (χ1) is 18.5. The lowest BCUT2D eigenvalue weighted by Gasteiger charge is -2.47. The van der Waals surface area contributed by atoms with Crippen LogP contribution < -0.4 is 5.32 Å². The zero-order valence-corrected chi connectivity index (χ0v) is 11.8. The lowest BCUT2D eigenvalue weighted by atomic mass is 9.82. The van der Waals surface area contributed by atoms with Crippen molar-refractivity contribution in [3.63, 3.8) is 0 Å². The zero-order chi connectivity index (χ0) is 32.8. The van der Waals surface area contributed by atoms with Gasteiger partial charge in [-0.1, -0.05) is 24.5 Å². The van der Waals surface area contributed by atoms with Crippen molar-refractivity contribution >= 4 is 16.8 Å². The van der Waals surface area contributed by atoms with E-state index in [4.69, 9.17) is 26.0 Å². The summed E-state index contributed by atoms with van der Waals surface area (Å²) in [6.07, 6.45) is -18.6. The summed E-state index contributed by atoms with van der Waals surface area (Å²) in [4.78, 5) is 13.7. The Balaban J connectivity index is 2.01. The summed E-state index contributed by atoms with van der Waals surface area (Å²) >= 11 is 0. The maximum Gasteiger partial charge on any atom is 0.272 e. The molecule has 23 heavy (non-hydrogen) atoms. The Bertz CT molecular complexity index is 1470. The molecule has 2 bridgehead atoms. The molecule has 5 nitrogen and oxygen atoms in total. The molecule has 0 spiro atoms. The van der Waals surface area contributed by atoms with Crippen LogP contribution in [0.25, 0.3) is 10.9 Å². The fourth-order valence-electron chi connectivity index (χ4n) is 2.27. The number of fused-ring (bicyclic) bond motifs is 3. The van der Waals surface area contributed by atoms with Crippen LogP contribution in [0.1, 0.15) is 68.4 Å². The lowest BCUT2D eigenvalue weighted by molar-refractivity contribution is 0.0462. The molecular formula is C18H24N4O. The summed E-state index contributed by atoms with van der Waals surface area (Å²) in [6.45, 7) is -3.21. The molecule has 2 fully saturated rings. The molecule has 5 heteroatoms. The maximum atomic E-state index is 13.6. The van der Waals surface area contributed by atoms with Gasteiger partial charge in [0.15, 0.2) is 5.69 Å². The molecular weight excluding hydrogens is 288 g/mol. The summed E-state index contributed by atoms with van der Waals surface area (Å²) in [5, 5.41) is 4.69. The number of piperidine rings is 2. The van der Waals surface area contributed by atoms with Gasteiger partial charge in [-0.3, -0.25) is 9.48 Å². The van der Waals surface area contributed by atoms with Crippen LogP contribution in [0.3, 0.4) is 0 Å². The molecule has 2 aliphatic rings. The fraction of sp³-hybridized carbons (Fsp3) is 0.556. The third kappa shape index (κ3) is 2.53. The Hall–Kier alpha value is -1.88. The molecule has 3 heterocycles. The molecule has 0 saturated carbocycles. The Morgan fingerprint density at radius 3 is 2.91 bits per heavy atom. The highest BCUT2D eigenvalue weighted by Gasteiger charge is 2.36. The molecule has 2 saturated heterocycles. The van der Waals surface area contributed by atoms with Gasteiger partial charge in [-0.25, -0.2) is 0 Å². The number of hydrogen-bond donors (Lipinski definition) is 1. The number of nitrogens with one attached hydrogen (secondary N) is 1. The lowest BCUT2D eigenvalue weighted by Crippen LogP contribution is -2.55. The second kappa shape index (κ2) is 5.64. The van der Waals surface area contributed by atoms with E-state index in [0.29, 0.717) is 7.05 Å². The molecule has 1 aromatic carbocycles. The van der Waals surface area contributed by atoms with Gasteiger partial charge in [0.05, 0.1) is 11.0 Å². The minimum absolute atomic E-state index is 0.124. The van der Waals surface area contributed by atoms with Crippen LogP contribution in [-0.4, -0.2) is 45.7 Å². The van der Waals surface area contributed by atoms with Gasteiger partial charge >= 0.3 is 0 Å². The van der Waals surface area contributed by atoms with Gasteiger partial charge in [0.2, 0.25) is 0 Å². The van der Waals surface area contributed by atoms with Crippen LogP contribution >= 0.6 is 0 Å². The number of benzene rings is 1. The summed E-state index contributed by atoms with van der Waals surface area (Å²) < 4.78 is 158. The third-order valence-electron chi connectivity index (χ3n) is 3.40. The molecule has 1 amide bonds. The number of aryl methyl sites for hydroxylation is 1. The van der Waals surface area contributed by atoms with E-state index < -0.39 is 104 Å². The van der Waals surface area contributed by atoms with Crippen LogP contribution in [0.5, 0.6) is 0 Å². The van der Waals surface area contributed by atoms with Crippen molar-refractivity contribution in [3.8, 4) is 0 Å². The van der Waals surface area contributed by atoms with Gasteiger partial charge in [-0.2, -0.15) is 5.10 Å². The first kappa shape index (κ1) is 4.60. The summed E-state index contributed by atoms with van der Waals surface area (Å²) in [5.74, 6) is -1.65. The van der Waals surface area contributed by atoms with Crippen LogP contribution in [0.15, 0.2) is 24.2 Å². The second-order valence-corrected chi connectivity index (χ2v) is 4.81. The van der Waals surface area contributed by atoms with Crippen LogP contribution in [-0.2, 0) is 6.98 Å². The first-order valence-corrected chi connectivity index (χ1v) is 6.59. The highest BCUT2D eigenvalue weighted by atomic mass is 16.2. The van der Waals surface area contributed by atoms with Crippen LogP contribution in [0.4, 0.5) is 0 Å². The van der Waals surface area contributed by atoms with E-state index >= 15 is 0 Å². The van der Waals surface area contributed by atoms with E-state index in [-0.39, 0.29) is 9.58 Å². The quantitative estimate of drug-likeness (QED) is 0.919. The van der Waals surface area contributed by atoms with Gasteiger partial charge < -0.3 is 10.2 Å². The van der Waals surface area contributed by atoms with Gasteiger partial charge in [0, 0.05) is 51.0 Å². The molecule has 0 radical (unpaired) electrons. The Morgan fingerprint density at radius 2 is 2.17 bits per heavy atom. The normalized spacial score (nSPS) is 58.0. The monoisotopic (exact) mass is 331 g/mol. The number of rotatable bonds is 2. The van der Waals surface area contributed by atoms with Crippen molar-refractivity contribution in [2.75, 3.05) is 7.05 Å². The predicted octanol–water partition coefficient (Wildman–Crippen LogP) is 2.32. The van der Waals surface area contributed by atoms with Crippen molar-refractivity contribution in [3.05, 3.63) is 29.9 Å². The number of carbonyl (C=O) groups is 1. The number of nitrogens with zero attached hydrogens (tertiary/aromatic N) is 3. The predicted molar refractivity (Wildman–Crippen MR) is 90.4 cm³/mol. The number of para-hydroxylation sites is 1. The van der Waals surface area contributed by atoms with Crippen molar-refractivity contribution < 1.29 is 30.8 Å². The molecule has 0 aliphatic carbocycles. The topological polar surface area (TPSA) is 50.2 Å². The average Bonchev–Trinajstić information content (AvgIpc) is 3.27. The highest BCUT2D eigenvalue weighted by Crippen LogP contribution is 2.32. The SMILES string of the molecule is [2H]c1c([2H])c([2H])c2c(c(C(=O)NC3C([2H])([2H])[C@]4([2H])N(C)[C@@]([2H])(C3([2H])[2H])C([2H])([2H])C([2H])([2H])C4([2H])[2H])nn2C([2H])([2H])[2H])c1[2H]. The van der Waals surface area contributed by atoms with E-state index in [1.807, 2.05) is 5.32 Å². The molecule has 1 aromatic heterocycles. The van der Waals surface area contributed by atoms with E-state index in [9.17, 15) is 4.79 Å². The number of aromatic nitrogens is 2. The smallest absolute Gasteiger partial charge is 0.272 e. The summed E-state index contributed by atoms with van der Waals surface area (Å²) in [7, 11) is 0.695. The van der Waals surface area contributed by atoms with E-state index in [1.54, 1.807) is 0 Å². The van der Waals surface area contributed by atoms with Crippen LogP contribution in [0.2, 0.25) is 0 Å². The zero-order valence-electron chi connectivity index (χ0n) is 30.8. The van der Waals surface area contributed by atoms with Gasteiger partial charge in [-0.15, -0.1) is 0 Å². The molecule has 4 rings (SSSR count). The van der Waals surface area contributed by atoms with Crippen LogP contribution in [0, 0.1) is 0 Å². The number of hydrogen-bond acceptors (Lipinski definition) is 3. The molecule has 2 atom stereocenters. The van der Waals surface area contributed by atoms with Crippen molar-refractivity contribution in [1.29, 1.82) is 0 Å². The Morgan fingerprint density at radius 1 is 1.43 bits per heavy atom. The summed E-state index contributed by atoms with van der Waals surface area (Å²) in [6, 6.07) is -13.5. The van der Waals surface area contributed by atoms with E-state index in [2.05, 4.69) is 5.10 Å². The molecule has 2 aliphatic heterocycles. The van der Waals surface area contributed by atoms with Gasteiger partial charge in [0.1, 0.15) is 0 Å². The number of carbonyl (C=O) groups excluding carboxylic acids is 1. The van der Waals surface area contributed by atoms with E-state index in [1.165, 1.54) is 0 Å². The largest absolute Gasteiger partial charge is 0.348 e. The molecule has 122 valence electrons. The minimum Gasteiger partial charge on any atom is -0.348 e. The maximum absolute atomic E-state index is 13.6. The average molecular weight is 332 g/mol.